The van der Waals surface area contributed by atoms with Crippen molar-refractivity contribution >= 4 is 35.2 Å². The minimum Gasteiger partial charge on any atom is -0.321 e. The first-order valence-corrected chi connectivity index (χ1v) is 9.52. The van der Waals surface area contributed by atoms with Gasteiger partial charge in [0.05, 0.1) is 0 Å². The van der Waals surface area contributed by atoms with E-state index in [1.165, 1.54) is 0 Å². The van der Waals surface area contributed by atoms with Gasteiger partial charge in [-0.05, 0) is 55.8 Å². The molecule has 3 aromatic carbocycles. The molecule has 0 aliphatic carbocycles. The standard InChI is InChI=1S/C24H21ClN2O2/c1-16-7-11-18(12-8-16)23(28)27-22(15-19-5-3-4-6-21(19)25)24(29)26-20-13-9-17(2)10-14-20/h3-15H,1-2H3,(H,26,29)(H,27,28)/b22-15+. The molecule has 146 valence electrons. The summed E-state index contributed by atoms with van der Waals surface area (Å²) in [5.41, 5.74) is 3.96. The molecule has 2 N–H and O–H groups in total. The predicted molar refractivity (Wildman–Crippen MR) is 118 cm³/mol. The summed E-state index contributed by atoms with van der Waals surface area (Å²) in [6, 6.07) is 21.7. The fraction of sp³-hybridized carbons (Fsp3) is 0.0833. The van der Waals surface area contributed by atoms with Crippen LogP contribution >= 0.6 is 11.6 Å². The Morgan fingerprint density at radius 3 is 2.03 bits per heavy atom. The average Bonchev–Trinajstić information content (AvgIpc) is 2.71. The SMILES string of the molecule is Cc1ccc(NC(=O)/C(=C\c2ccccc2Cl)NC(=O)c2ccc(C)cc2)cc1. The van der Waals surface area contributed by atoms with Crippen LogP contribution in [0, 0.1) is 13.8 Å². The molecular formula is C24H21ClN2O2. The number of carbonyl (C=O) groups is 2. The second kappa shape index (κ2) is 9.22. The summed E-state index contributed by atoms with van der Waals surface area (Å²) >= 11 is 6.23. The third-order valence-corrected chi connectivity index (χ3v) is 4.67. The van der Waals surface area contributed by atoms with Crippen molar-refractivity contribution in [2.45, 2.75) is 13.8 Å². The van der Waals surface area contributed by atoms with Crippen LogP contribution in [0.4, 0.5) is 5.69 Å². The molecule has 0 bridgehead atoms. The molecule has 2 amide bonds. The number of nitrogens with one attached hydrogen (secondary N) is 2. The Balaban J connectivity index is 1.89. The van der Waals surface area contributed by atoms with E-state index in [2.05, 4.69) is 10.6 Å². The van der Waals surface area contributed by atoms with Crippen LogP contribution in [0.1, 0.15) is 27.0 Å². The quantitative estimate of drug-likeness (QED) is 0.562. The van der Waals surface area contributed by atoms with E-state index in [-0.39, 0.29) is 11.6 Å². The maximum atomic E-state index is 12.9. The van der Waals surface area contributed by atoms with Crippen molar-refractivity contribution in [2.75, 3.05) is 5.32 Å². The van der Waals surface area contributed by atoms with Gasteiger partial charge >= 0.3 is 0 Å². The highest BCUT2D eigenvalue weighted by atomic mass is 35.5. The number of carbonyl (C=O) groups excluding carboxylic acids is 2. The Morgan fingerprint density at radius 1 is 0.828 bits per heavy atom. The molecule has 0 aromatic heterocycles. The molecule has 5 heteroatoms. The van der Waals surface area contributed by atoms with Crippen LogP contribution in [0.2, 0.25) is 5.02 Å². The van der Waals surface area contributed by atoms with E-state index in [0.717, 1.165) is 11.1 Å². The van der Waals surface area contributed by atoms with Crippen molar-refractivity contribution in [3.05, 3.63) is 106 Å². The van der Waals surface area contributed by atoms with E-state index >= 15 is 0 Å². The summed E-state index contributed by atoms with van der Waals surface area (Å²) in [5, 5.41) is 6.01. The average molecular weight is 405 g/mol. The molecule has 0 spiro atoms. The first-order valence-electron chi connectivity index (χ1n) is 9.14. The highest BCUT2D eigenvalue weighted by molar-refractivity contribution is 6.32. The maximum Gasteiger partial charge on any atom is 0.272 e. The van der Waals surface area contributed by atoms with Gasteiger partial charge in [-0.3, -0.25) is 9.59 Å². The molecule has 3 aromatic rings. The van der Waals surface area contributed by atoms with Crippen LogP contribution in [0.3, 0.4) is 0 Å². The van der Waals surface area contributed by atoms with Crippen LogP contribution < -0.4 is 10.6 Å². The molecule has 0 saturated carbocycles. The summed E-state index contributed by atoms with van der Waals surface area (Å²) in [5.74, 6) is -0.809. The van der Waals surface area contributed by atoms with Crippen molar-refractivity contribution in [2.24, 2.45) is 0 Å². The third-order valence-electron chi connectivity index (χ3n) is 4.32. The van der Waals surface area contributed by atoms with Gasteiger partial charge in [0, 0.05) is 16.3 Å². The Bertz CT molecular complexity index is 1050. The molecule has 29 heavy (non-hydrogen) atoms. The van der Waals surface area contributed by atoms with Gasteiger partial charge in [0.15, 0.2) is 0 Å². The van der Waals surface area contributed by atoms with Gasteiger partial charge < -0.3 is 10.6 Å². The Labute approximate surface area is 175 Å². The molecule has 0 aliphatic heterocycles. The summed E-state index contributed by atoms with van der Waals surface area (Å²) < 4.78 is 0. The van der Waals surface area contributed by atoms with Gasteiger partial charge in [-0.2, -0.15) is 0 Å². The van der Waals surface area contributed by atoms with E-state index in [0.29, 0.717) is 21.8 Å². The lowest BCUT2D eigenvalue weighted by molar-refractivity contribution is -0.113. The van der Waals surface area contributed by atoms with Crippen molar-refractivity contribution in [1.29, 1.82) is 0 Å². The topological polar surface area (TPSA) is 58.2 Å². The lowest BCUT2D eigenvalue weighted by Crippen LogP contribution is -2.30. The van der Waals surface area contributed by atoms with Crippen LogP contribution in [-0.4, -0.2) is 11.8 Å². The summed E-state index contributed by atoms with van der Waals surface area (Å²) in [6.45, 7) is 3.91. The highest BCUT2D eigenvalue weighted by Crippen LogP contribution is 2.19. The molecular weight excluding hydrogens is 384 g/mol. The minimum absolute atomic E-state index is 0.101. The predicted octanol–water partition coefficient (Wildman–Crippen LogP) is 5.37. The number of anilines is 1. The Hall–Kier alpha value is -3.37. The lowest BCUT2D eigenvalue weighted by Gasteiger charge is -2.12. The van der Waals surface area contributed by atoms with Gasteiger partial charge in [-0.15, -0.1) is 0 Å². The Kier molecular flexibility index (Phi) is 6.47. The van der Waals surface area contributed by atoms with E-state index in [4.69, 9.17) is 11.6 Å². The normalized spacial score (nSPS) is 11.1. The zero-order valence-corrected chi connectivity index (χ0v) is 17.0. The Morgan fingerprint density at radius 2 is 1.41 bits per heavy atom. The number of halogens is 1. The molecule has 0 radical (unpaired) electrons. The number of rotatable bonds is 5. The van der Waals surface area contributed by atoms with Gasteiger partial charge in [0.2, 0.25) is 0 Å². The molecule has 0 heterocycles. The number of benzene rings is 3. The molecule has 4 nitrogen and oxygen atoms in total. The van der Waals surface area contributed by atoms with Crippen LogP contribution in [0.25, 0.3) is 6.08 Å². The van der Waals surface area contributed by atoms with E-state index in [1.54, 1.807) is 36.4 Å². The summed E-state index contributed by atoms with van der Waals surface area (Å²) in [7, 11) is 0. The molecule has 0 saturated heterocycles. The van der Waals surface area contributed by atoms with Crippen molar-refractivity contribution in [1.82, 2.24) is 5.32 Å². The van der Waals surface area contributed by atoms with Gasteiger partial charge in [0.1, 0.15) is 5.70 Å². The summed E-state index contributed by atoms with van der Waals surface area (Å²) in [6.07, 6.45) is 1.57. The third kappa shape index (κ3) is 5.56. The molecule has 0 aliphatic rings. The maximum absolute atomic E-state index is 12.9. The second-order valence-corrected chi connectivity index (χ2v) is 7.13. The number of aryl methyl sites for hydroxylation is 2. The fourth-order valence-electron chi connectivity index (χ4n) is 2.64. The monoisotopic (exact) mass is 404 g/mol. The largest absolute Gasteiger partial charge is 0.321 e. The molecule has 3 rings (SSSR count). The first-order chi connectivity index (χ1) is 13.9. The van der Waals surface area contributed by atoms with Crippen LogP contribution in [0.5, 0.6) is 0 Å². The van der Waals surface area contributed by atoms with Crippen LogP contribution in [0.15, 0.2) is 78.5 Å². The van der Waals surface area contributed by atoms with Gasteiger partial charge in [-0.25, -0.2) is 0 Å². The number of hydrogen-bond donors (Lipinski definition) is 2. The van der Waals surface area contributed by atoms with E-state index in [9.17, 15) is 9.59 Å². The number of amides is 2. The van der Waals surface area contributed by atoms with Crippen molar-refractivity contribution < 1.29 is 9.59 Å². The van der Waals surface area contributed by atoms with Crippen LogP contribution in [-0.2, 0) is 4.79 Å². The molecule has 0 atom stereocenters. The van der Waals surface area contributed by atoms with Gasteiger partial charge in [-0.1, -0.05) is 65.2 Å². The van der Waals surface area contributed by atoms with Crippen molar-refractivity contribution in [3.63, 3.8) is 0 Å². The summed E-state index contributed by atoms with van der Waals surface area (Å²) in [4.78, 5) is 25.6. The lowest BCUT2D eigenvalue weighted by atomic mass is 10.1. The second-order valence-electron chi connectivity index (χ2n) is 6.72. The number of hydrogen-bond acceptors (Lipinski definition) is 2. The van der Waals surface area contributed by atoms with E-state index in [1.807, 2.05) is 56.3 Å². The fourth-order valence-corrected chi connectivity index (χ4v) is 2.83. The van der Waals surface area contributed by atoms with Crippen molar-refractivity contribution in [3.8, 4) is 0 Å². The highest BCUT2D eigenvalue weighted by Gasteiger charge is 2.15. The molecule has 0 unspecified atom stereocenters. The first kappa shape index (κ1) is 20.4. The minimum atomic E-state index is -0.436. The smallest absolute Gasteiger partial charge is 0.272 e. The van der Waals surface area contributed by atoms with E-state index < -0.39 is 5.91 Å². The molecule has 0 fully saturated rings. The zero-order chi connectivity index (χ0) is 20.8. The van der Waals surface area contributed by atoms with Gasteiger partial charge in [0.25, 0.3) is 11.8 Å². The zero-order valence-electron chi connectivity index (χ0n) is 16.2.